The van der Waals surface area contributed by atoms with Crippen LogP contribution in [0.3, 0.4) is 0 Å². The molecule has 0 aliphatic heterocycles. The summed E-state index contributed by atoms with van der Waals surface area (Å²) in [6.45, 7) is 0. The van der Waals surface area contributed by atoms with Crippen molar-refractivity contribution in [2.45, 2.75) is 0 Å². The molecule has 0 fully saturated rings. The molecule has 0 aliphatic carbocycles. The van der Waals surface area contributed by atoms with Gasteiger partial charge in [-0.3, -0.25) is 5.10 Å². The van der Waals surface area contributed by atoms with Crippen LogP contribution in [0.5, 0.6) is 0 Å². The van der Waals surface area contributed by atoms with Gasteiger partial charge in [0.25, 0.3) is 0 Å². The first-order valence-corrected chi connectivity index (χ1v) is 4.68. The molecule has 0 atom stereocenters. The highest BCUT2D eigenvalue weighted by atomic mass is 35.5. The number of nitrogens with zero attached hydrogens (tertiary/aromatic N) is 1. The molecule has 0 aliphatic rings. The molecule has 0 bridgehead atoms. The predicted molar refractivity (Wildman–Crippen MR) is 58.5 cm³/mol. The Labute approximate surface area is 90.8 Å². The number of rotatable bonds is 1. The van der Waals surface area contributed by atoms with E-state index in [-0.39, 0.29) is 0 Å². The van der Waals surface area contributed by atoms with E-state index in [1.54, 1.807) is 24.3 Å². The lowest BCUT2D eigenvalue weighted by molar-refractivity contribution is 1.10. The van der Waals surface area contributed by atoms with Crippen LogP contribution in [0.15, 0.2) is 24.3 Å². The summed E-state index contributed by atoms with van der Waals surface area (Å²) >= 11 is 11.7. The van der Waals surface area contributed by atoms with Gasteiger partial charge in [-0.1, -0.05) is 23.2 Å². The maximum atomic E-state index is 5.86. The summed E-state index contributed by atoms with van der Waals surface area (Å²) in [5.41, 5.74) is 7.15. The second-order valence-electron chi connectivity index (χ2n) is 2.86. The maximum Gasteiger partial charge on any atom is 0.145 e. The molecule has 72 valence electrons. The van der Waals surface area contributed by atoms with Gasteiger partial charge < -0.3 is 5.73 Å². The number of nitrogens with one attached hydrogen (secondary N) is 1. The van der Waals surface area contributed by atoms with Crippen molar-refractivity contribution >= 4 is 29.0 Å². The van der Waals surface area contributed by atoms with Crippen LogP contribution in [0.25, 0.3) is 11.3 Å². The zero-order chi connectivity index (χ0) is 10.1. The van der Waals surface area contributed by atoms with Gasteiger partial charge in [0.1, 0.15) is 5.82 Å². The minimum atomic E-state index is 0.441. The van der Waals surface area contributed by atoms with E-state index in [1.807, 2.05) is 0 Å². The molecular formula is C9H7Cl2N3. The van der Waals surface area contributed by atoms with Gasteiger partial charge in [-0.25, -0.2) is 0 Å². The van der Waals surface area contributed by atoms with Crippen LogP contribution in [0, 0.1) is 0 Å². The highest BCUT2D eigenvalue weighted by Crippen LogP contribution is 2.26. The summed E-state index contributed by atoms with van der Waals surface area (Å²) in [5.74, 6) is 0.441. The van der Waals surface area contributed by atoms with Crippen molar-refractivity contribution in [1.82, 2.24) is 10.2 Å². The Morgan fingerprint density at radius 3 is 2.21 bits per heavy atom. The summed E-state index contributed by atoms with van der Waals surface area (Å²) in [7, 11) is 0. The average molecular weight is 228 g/mol. The van der Waals surface area contributed by atoms with E-state index in [1.165, 1.54) is 0 Å². The normalized spacial score (nSPS) is 10.4. The van der Waals surface area contributed by atoms with Crippen molar-refractivity contribution in [3.05, 3.63) is 34.3 Å². The Hall–Kier alpha value is -1.19. The van der Waals surface area contributed by atoms with Gasteiger partial charge >= 0.3 is 0 Å². The lowest BCUT2D eigenvalue weighted by Crippen LogP contribution is -1.81. The van der Waals surface area contributed by atoms with E-state index < -0.39 is 0 Å². The molecule has 0 amide bonds. The molecule has 0 saturated carbocycles. The van der Waals surface area contributed by atoms with Gasteiger partial charge in [0.2, 0.25) is 0 Å². The molecule has 2 aromatic rings. The minimum Gasteiger partial charge on any atom is -0.382 e. The highest BCUT2D eigenvalue weighted by molar-refractivity contribution is 6.35. The molecule has 3 N–H and O–H groups in total. The fourth-order valence-corrected chi connectivity index (χ4v) is 1.72. The third kappa shape index (κ3) is 1.84. The second kappa shape index (κ2) is 3.52. The van der Waals surface area contributed by atoms with Gasteiger partial charge in [0, 0.05) is 21.7 Å². The lowest BCUT2D eigenvalue weighted by atomic mass is 10.1. The molecule has 0 unspecified atom stereocenters. The van der Waals surface area contributed by atoms with Crippen LogP contribution in [0.1, 0.15) is 0 Å². The largest absolute Gasteiger partial charge is 0.382 e. The molecule has 3 nitrogen and oxygen atoms in total. The number of H-pyrrole nitrogens is 1. The zero-order valence-electron chi connectivity index (χ0n) is 7.09. The lowest BCUT2D eigenvalue weighted by Gasteiger charge is -1.99. The number of nitrogen functional groups attached to an aromatic ring is 1. The van der Waals surface area contributed by atoms with E-state index in [9.17, 15) is 0 Å². The Morgan fingerprint density at radius 1 is 1.07 bits per heavy atom. The molecule has 0 spiro atoms. The number of benzene rings is 1. The summed E-state index contributed by atoms with van der Waals surface area (Å²) in [4.78, 5) is 0. The zero-order valence-corrected chi connectivity index (χ0v) is 8.60. The molecule has 1 aromatic heterocycles. The van der Waals surface area contributed by atoms with E-state index in [4.69, 9.17) is 28.9 Å². The number of aromatic nitrogens is 2. The van der Waals surface area contributed by atoms with Crippen molar-refractivity contribution in [2.75, 3.05) is 5.73 Å². The fraction of sp³-hybridized carbons (Fsp3) is 0. The predicted octanol–water partition coefficient (Wildman–Crippen LogP) is 2.97. The summed E-state index contributed by atoms with van der Waals surface area (Å²) in [5, 5.41) is 7.77. The molecule has 14 heavy (non-hydrogen) atoms. The molecule has 0 radical (unpaired) electrons. The number of anilines is 1. The SMILES string of the molecule is Nc1cc(-c2cc(Cl)cc(Cl)c2)[nH]n1. The Balaban J connectivity index is 2.51. The van der Waals surface area contributed by atoms with Gasteiger partial charge in [0.15, 0.2) is 0 Å². The van der Waals surface area contributed by atoms with Crippen LogP contribution in [-0.4, -0.2) is 10.2 Å². The first-order chi connectivity index (χ1) is 6.65. The first-order valence-electron chi connectivity index (χ1n) is 3.92. The van der Waals surface area contributed by atoms with Crippen molar-refractivity contribution < 1.29 is 0 Å². The van der Waals surface area contributed by atoms with E-state index in [0.717, 1.165) is 11.3 Å². The highest BCUT2D eigenvalue weighted by Gasteiger charge is 2.03. The summed E-state index contributed by atoms with van der Waals surface area (Å²) < 4.78 is 0. The molecule has 2 rings (SSSR count). The van der Waals surface area contributed by atoms with Crippen LogP contribution in [-0.2, 0) is 0 Å². The Kier molecular flexibility index (Phi) is 2.35. The van der Waals surface area contributed by atoms with Crippen LogP contribution < -0.4 is 5.73 Å². The Morgan fingerprint density at radius 2 is 1.71 bits per heavy atom. The third-order valence-corrected chi connectivity index (χ3v) is 2.21. The average Bonchev–Trinajstić information content (AvgIpc) is 2.50. The van der Waals surface area contributed by atoms with Gasteiger partial charge in [-0.15, -0.1) is 0 Å². The fourth-order valence-electron chi connectivity index (χ4n) is 1.19. The summed E-state index contributed by atoms with van der Waals surface area (Å²) in [6, 6.07) is 6.98. The van der Waals surface area contributed by atoms with E-state index in [2.05, 4.69) is 10.2 Å². The number of nitrogens with two attached hydrogens (primary N) is 1. The van der Waals surface area contributed by atoms with Gasteiger partial charge in [-0.05, 0) is 18.2 Å². The smallest absolute Gasteiger partial charge is 0.145 e. The molecule has 5 heteroatoms. The molecule has 1 heterocycles. The Bertz CT molecular complexity index is 445. The standard InChI is InChI=1S/C9H7Cl2N3/c10-6-1-5(2-7(11)3-6)8-4-9(12)14-13-8/h1-4H,(H3,12,13,14). The molecular weight excluding hydrogens is 221 g/mol. The first kappa shape index (κ1) is 9.37. The van der Waals surface area contributed by atoms with E-state index >= 15 is 0 Å². The number of halogens is 2. The number of hydrogen-bond acceptors (Lipinski definition) is 2. The van der Waals surface area contributed by atoms with E-state index in [0.29, 0.717) is 15.9 Å². The van der Waals surface area contributed by atoms with Gasteiger partial charge in [0.05, 0.1) is 5.69 Å². The minimum absolute atomic E-state index is 0.441. The van der Waals surface area contributed by atoms with Crippen LogP contribution in [0.4, 0.5) is 5.82 Å². The monoisotopic (exact) mass is 227 g/mol. The topological polar surface area (TPSA) is 54.7 Å². The summed E-state index contributed by atoms with van der Waals surface area (Å²) in [6.07, 6.45) is 0. The number of hydrogen-bond donors (Lipinski definition) is 2. The van der Waals surface area contributed by atoms with Crippen molar-refractivity contribution in [3.8, 4) is 11.3 Å². The number of aromatic amines is 1. The van der Waals surface area contributed by atoms with Gasteiger partial charge in [-0.2, -0.15) is 5.10 Å². The molecule has 0 saturated heterocycles. The van der Waals surface area contributed by atoms with Crippen molar-refractivity contribution in [3.63, 3.8) is 0 Å². The van der Waals surface area contributed by atoms with Crippen molar-refractivity contribution in [2.24, 2.45) is 0 Å². The van der Waals surface area contributed by atoms with Crippen LogP contribution >= 0.6 is 23.2 Å². The quantitative estimate of drug-likeness (QED) is 0.788. The van der Waals surface area contributed by atoms with Crippen molar-refractivity contribution in [1.29, 1.82) is 0 Å². The van der Waals surface area contributed by atoms with Crippen LogP contribution in [0.2, 0.25) is 10.0 Å². The molecule has 1 aromatic carbocycles. The third-order valence-electron chi connectivity index (χ3n) is 1.77. The second-order valence-corrected chi connectivity index (χ2v) is 3.74. The maximum absolute atomic E-state index is 5.86.